The van der Waals surface area contributed by atoms with Gasteiger partial charge in [-0.1, -0.05) is 0 Å². The second-order valence-corrected chi connectivity index (χ2v) is 5.78. The lowest BCUT2D eigenvalue weighted by Gasteiger charge is -2.23. The molecule has 1 aromatic heterocycles. The molecule has 1 atom stereocenters. The summed E-state index contributed by atoms with van der Waals surface area (Å²) in [6.45, 7) is 6.77. The van der Waals surface area contributed by atoms with Crippen molar-refractivity contribution >= 4 is 27.7 Å². The van der Waals surface area contributed by atoms with Crippen LogP contribution in [0.1, 0.15) is 30.6 Å². The second kappa shape index (κ2) is 7.04. The predicted molar refractivity (Wildman–Crippen MR) is 82.0 cm³/mol. The summed E-state index contributed by atoms with van der Waals surface area (Å²) in [5.74, 6) is 0.644. The minimum Gasteiger partial charge on any atom is -0.377 e. The van der Waals surface area contributed by atoms with Gasteiger partial charge < -0.3 is 15.0 Å². The van der Waals surface area contributed by atoms with E-state index in [-0.39, 0.29) is 12.0 Å². The minimum absolute atomic E-state index is 0.00657. The molecular weight excluding hydrogens is 322 g/mol. The molecule has 0 spiro atoms. The molecule has 0 bridgehead atoms. The largest absolute Gasteiger partial charge is 0.377 e. The third-order valence-electron chi connectivity index (χ3n) is 3.17. The van der Waals surface area contributed by atoms with Crippen LogP contribution in [0.5, 0.6) is 0 Å². The van der Waals surface area contributed by atoms with Crippen molar-refractivity contribution in [3.05, 3.63) is 22.3 Å². The summed E-state index contributed by atoms with van der Waals surface area (Å²) in [5, 5.41) is 3.14. The van der Waals surface area contributed by atoms with Gasteiger partial charge in [0.05, 0.1) is 11.7 Å². The number of carbonyl (C=O) groups excluding carboxylic acids is 1. The van der Waals surface area contributed by atoms with E-state index < -0.39 is 0 Å². The van der Waals surface area contributed by atoms with Crippen molar-refractivity contribution in [1.82, 2.24) is 9.88 Å². The van der Waals surface area contributed by atoms with E-state index in [2.05, 4.69) is 26.2 Å². The van der Waals surface area contributed by atoms with Gasteiger partial charge in [-0.05, 0) is 42.3 Å². The molecule has 0 saturated carbocycles. The Labute approximate surface area is 127 Å². The number of amides is 1. The lowest BCUT2D eigenvalue weighted by Crippen LogP contribution is -2.36. The predicted octanol–water partition coefficient (Wildman–Crippen LogP) is 2.53. The molecular formula is C14H20BrN3O2. The molecule has 110 valence electrons. The summed E-state index contributed by atoms with van der Waals surface area (Å²) in [6.07, 6.45) is 2.64. The highest BCUT2D eigenvalue weighted by molar-refractivity contribution is 9.10. The van der Waals surface area contributed by atoms with Gasteiger partial charge in [-0.15, -0.1) is 0 Å². The van der Waals surface area contributed by atoms with Crippen LogP contribution < -0.4 is 5.32 Å². The average molecular weight is 342 g/mol. The standard InChI is InChI=1S/C14H20BrN3O2/c1-3-16-13-12(7-11(15)8-17-13)14(19)18-5-4-6-20-10(2)9-18/h7-8,10H,3-6,9H2,1-2H3,(H,16,17). The molecule has 1 unspecified atom stereocenters. The van der Waals surface area contributed by atoms with E-state index in [1.807, 2.05) is 24.8 Å². The van der Waals surface area contributed by atoms with Crippen LogP contribution in [0.3, 0.4) is 0 Å². The number of nitrogens with one attached hydrogen (secondary N) is 1. The number of ether oxygens (including phenoxy) is 1. The summed E-state index contributed by atoms with van der Waals surface area (Å²) in [4.78, 5) is 18.9. The van der Waals surface area contributed by atoms with Gasteiger partial charge in [0.1, 0.15) is 5.82 Å². The maximum Gasteiger partial charge on any atom is 0.257 e. The molecule has 1 saturated heterocycles. The number of hydrogen-bond acceptors (Lipinski definition) is 4. The van der Waals surface area contributed by atoms with E-state index in [9.17, 15) is 4.79 Å². The first-order chi connectivity index (χ1) is 9.61. The number of rotatable bonds is 3. The van der Waals surface area contributed by atoms with E-state index in [4.69, 9.17) is 4.74 Å². The van der Waals surface area contributed by atoms with Crippen molar-refractivity contribution in [2.24, 2.45) is 0 Å². The molecule has 1 amide bonds. The van der Waals surface area contributed by atoms with Crippen LogP contribution in [0, 0.1) is 0 Å². The van der Waals surface area contributed by atoms with Crippen molar-refractivity contribution in [3.63, 3.8) is 0 Å². The minimum atomic E-state index is 0.00657. The van der Waals surface area contributed by atoms with Gasteiger partial charge in [-0.2, -0.15) is 0 Å². The molecule has 2 heterocycles. The summed E-state index contributed by atoms with van der Waals surface area (Å²) in [6, 6.07) is 1.82. The van der Waals surface area contributed by atoms with Crippen LogP contribution in [-0.4, -0.2) is 48.1 Å². The Kier molecular flexibility index (Phi) is 5.37. The first kappa shape index (κ1) is 15.3. The van der Waals surface area contributed by atoms with Gasteiger partial charge in [0.2, 0.25) is 0 Å². The molecule has 1 aliphatic rings. The second-order valence-electron chi connectivity index (χ2n) is 4.87. The average Bonchev–Trinajstić information content (AvgIpc) is 2.65. The molecule has 5 nitrogen and oxygen atoms in total. The van der Waals surface area contributed by atoms with Gasteiger partial charge in [-0.25, -0.2) is 4.98 Å². The van der Waals surface area contributed by atoms with Crippen molar-refractivity contribution in [1.29, 1.82) is 0 Å². The monoisotopic (exact) mass is 341 g/mol. The zero-order valence-corrected chi connectivity index (χ0v) is 13.4. The SMILES string of the molecule is CCNc1ncc(Br)cc1C(=O)N1CCCOC(C)C1. The number of halogens is 1. The normalized spacial score (nSPS) is 19.6. The molecule has 1 fully saturated rings. The van der Waals surface area contributed by atoms with E-state index in [1.165, 1.54) is 0 Å². The van der Waals surface area contributed by atoms with Gasteiger partial charge in [0, 0.05) is 36.9 Å². The van der Waals surface area contributed by atoms with Crippen molar-refractivity contribution in [2.45, 2.75) is 26.4 Å². The van der Waals surface area contributed by atoms with Crippen LogP contribution >= 0.6 is 15.9 Å². The number of carbonyl (C=O) groups is 1. The van der Waals surface area contributed by atoms with Crippen LogP contribution in [-0.2, 0) is 4.74 Å². The Bertz CT molecular complexity index is 481. The lowest BCUT2D eigenvalue weighted by molar-refractivity contribution is 0.0563. The molecule has 0 radical (unpaired) electrons. The Morgan fingerprint density at radius 1 is 1.65 bits per heavy atom. The Balaban J connectivity index is 2.24. The van der Waals surface area contributed by atoms with Crippen LogP contribution in [0.25, 0.3) is 0 Å². The highest BCUT2D eigenvalue weighted by Gasteiger charge is 2.23. The lowest BCUT2D eigenvalue weighted by atomic mass is 10.2. The molecule has 6 heteroatoms. The maximum atomic E-state index is 12.7. The third kappa shape index (κ3) is 3.70. The number of nitrogens with zero attached hydrogens (tertiary/aromatic N) is 2. The molecule has 0 aliphatic carbocycles. The van der Waals surface area contributed by atoms with Crippen LogP contribution in [0.15, 0.2) is 16.7 Å². The van der Waals surface area contributed by atoms with Crippen LogP contribution in [0.2, 0.25) is 0 Å². The Morgan fingerprint density at radius 3 is 3.20 bits per heavy atom. The van der Waals surface area contributed by atoms with E-state index >= 15 is 0 Å². The van der Waals surface area contributed by atoms with Crippen molar-refractivity contribution < 1.29 is 9.53 Å². The quantitative estimate of drug-likeness (QED) is 0.917. The maximum absolute atomic E-state index is 12.7. The molecule has 1 aromatic rings. The van der Waals surface area contributed by atoms with Gasteiger partial charge >= 0.3 is 0 Å². The number of aromatic nitrogens is 1. The van der Waals surface area contributed by atoms with Gasteiger partial charge in [0.15, 0.2) is 0 Å². The number of pyridine rings is 1. The van der Waals surface area contributed by atoms with Crippen molar-refractivity contribution in [2.75, 3.05) is 31.6 Å². The van der Waals surface area contributed by atoms with Gasteiger partial charge in [-0.3, -0.25) is 4.79 Å². The summed E-state index contributed by atoms with van der Waals surface area (Å²) < 4.78 is 6.39. The third-order valence-corrected chi connectivity index (χ3v) is 3.60. The fourth-order valence-electron chi connectivity index (χ4n) is 2.26. The zero-order valence-electron chi connectivity index (χ0n) is 11.9. The Hall–Kier alpha value is -1.14. The molecule has 1 N–H and O–H groups in total. The molecule has 20 heavy (non-hydrogen) atoms. The summed E-state index contributed by atoms with van der Waals surface area (Å²) in [5.41, 5.74) is 0.607. The molecule has 2 rings (SSSR count). The fraction of sp³-hybridized carbons (Fsp3) is 0.571. The summed E-state index contributed by atoms with van der Waals surface area (Å²) >= 11 is 3.38. The number of anilines is 1. The highest BCUT2D eigenvalue weighted by atomic mass is 79.9. The smallest absolute Gasteiger partial charge is 0.257 e. The van der Waals surface area contributed by atoms with Crippen LogP contribution in [0.4, 0.5) is 5.82 Å². The topological polar surface area (TPSA) is 54.5 Å². The number of hydrogen-bond donors (Lipinski definition) is 1. The summed E-state index contributed by atoms with van der Waals surface area (Å²) in [7, 11) is 0. The highest BCUT2D eigenvalue weighted by Crippen LogP contribution is 2.21. The van der Waals surface area contributed by atoms with E-state index in [0.29, 0.717) is 24.5 Å². The zero-order chi connectivity index (χ0) is 14.5. The first-order valence-corrected chi connectivity index (χ1v) is 7.71. The first-order valence-electron chi connectivity index (χ1n) is 6.92. The fourth-order valence-corrected chi connectivity index (χ4v) is 2.59. The van der Waals surface area contributed by atoms with Crippen molar-refractivity contribution in [3.8, 4) is 0 Å². The Morgan fingerprint density at radius 2 is 2.45 bits per heavy atom. The van der Waals surface area contributed by atoms with E-state index in [0.717, 1.165) is 24.0 Å². The molecule has 0 aromatic carbocycles. The molecule has 1 aliphatic heterocycles. The van der Waals surface area contributed by atoms with Gasteiger partial charge in [0.25, 0.3) is 5.91 Å². The van der Waals surface area contributed by atoms with E-state index in [1.54, 1.807) is 6.20 Å².